The average molecular weight is 405 g/mol. The van der Waals surface area contributed by atoms with E-state index in [4.69, 9.17) is 11.6 Å². The first kappa shape index (κ1) is 21.3. The molecule has 2 amide bonds. The molecule has 0 bridgehead atoms. The first-order valence-electron chi connectivity index (χ1n) is 8.95. The summed E-state index contributed by atoms with van der Waals surface area (Å²) in [6.07, 6.45) is 0. The highest BCUT2D eigenvalue weighted by Crippen LogP contribution is 2.20. The second-order valence-electron chi connectivity index (χ2n) is 6.16. The van der Waals surface area contributed by atoms with Gasteiger partial charge >= 0.3 is 0 Å². The van der Waals surface area contributed by atoms with Crippen molar-refractivity contribution in [3.05, 3.63) is 70.7 Å². The van der Waals surface area contributed by atoms with E-state index >= 15 is 0 Å². The lowest BCUT2D eigenvalue weighted by atomic mass is 10.1. The van der Waals surface area contributed by atoms with Crippen LogP contribution < -0.4 is 5.32 Å². The van der Waals surface area contributed by atoms with Gasteiger partial charge in [-0.15, -0.1) is 11.8 Å². The van der Waals surface area contributed by atoms with Gasteiger partial charge in [0.2, 0.25) is 11.8 Å². The van der Waals surface area contributed by atoms with Gasteiger partial charge in [-0.05, 0) is 31.0 Å². The maximum Gasteiger partial charge on any atom is 0.242 e. The molecule has 2 aromatic carbocycles. The summed E-state index contributed by atoms with van der Waals surface area (Å²) in [7, 11) is 0. The molecule has 0 radical (unpaired) electrons. The first-order chi connectivity index (χ1) is 13.0. The van der Waals surface area contributed by atoms with E-state index in [0.29, 0.717) is 23.9 Å². The van der Waals surface area contributed by atoms with E-state index in [1.807, 2.05) is 55.5 Å². The molecule has 0 aromatic heterocycles. The Morgan fingerprint density at radius 3 is 2.44 bits per heavy atom. The van der Waals surface area contributed by atoms with E-state index in [1.165, 1.54) is 5.56 Å². The molecule has 144 valence electrons. The minimum atomic E-state index is -0.564. The Morgan fingerprint density at radius 2 is 1.78 bits per heavy atom. The van der Waals surface area contributed by atoms with Crippen molar-refractivity contribution in [3.8, 4) is 0 Å². The number of carbonyl (C=O) groups is 2. The Balaban J connectivity index is 2.06. The molecule has 0 aliphatic rings. The maximum atomic E-state index is 12.9. The molecule has 1 atom stereocenters. The molecule has 0 saturated carbocycles. The summed E-state index contributed by atoms with van der Waals surface area (Å²) in [5.74, 6) is 0.825. The third-order valence-corrected chi connectivity index (χ3v) is 5.51. The van der Waals surface area contributed by atoms with Gasteiger partial charge in [-0.25, -0.2) is 0 Å². The number of nitrogens with one attached hydrogen (secondary N) is 1. The number of benzene rings is 2. The fourth-order valence-corrected chi connectivity index (χ4v) is 3.69. The van der Waals surface area contributed by atoms with Crippen LogP contribution >= 0.6 is 23.4 Å². The monoisotopic (exact) mass is 404 g/mol. The van der Waals surface area contributed by atoms with Crippen LogP contribution in [0.25, 0.3) is 0 Å². The second-order valence-corrected chi connectivity index (χ2v) is 7.55. The Morgan fingerprint density at radius 1 is 1.11 bits per heavy atom. The van der Waals surface area contributed by atoms with Crippen molar-refractivity contribution in [1.82, 2.24) is 10.2 Å². The molecule has 1 N–H and O–H groups in total. The lowest BCUT2D eigenvalue weighted by Crippen LogP contribution is -2.48. The summed E-state index contributed by atoms with van der Waals surface area (Å²) in [5, 5.41) is 3.38. The van der Waals surface area contributed by atoms with Crippen LogP contribution in [0.2, 0.25) is 5.02 Å². The van der Waals surface area contributed by atoms with Gasteiger partial charge in [0.15, 0.2) is 0 Å². The Kier molecular flexibility index (Phi) is 8.69. The van der Waals surface area contributed by atoms with E-state index < -0.39 is 6.04 Å². The fourth-order valence-electron chi connectivity index (χ4n) is 2.63. The highest BCUT2D eigenvalue weighted by Gasteiger charge is 2.26. The topological polar surface area (TPSA) is 49.4 Å². The Labute approximate surface area is 170 Å². The molecule has 0 unspecified atom stereocenters. The van der Waals surface area contributed by atoms with Crippen LogP contribution in [0.1, 0.15) is 25.0 Å². The molecule has 0 spiro atoms. The van der Waals surface area contributed by atoms with Crippen LogP contribution in [0, 0.1) is 0 Å². The number of halogens is 1. The fraction of sp³-hybridized carbons (Fsp3) is 0.333. The summed E-state index contributed by atoms with van der Waals surface area (Å²) in [6, 6.07) is 16.9. The molecule has 0 heterocycles. The van der Waals surface area contributed by atoms with Gasteiger partial charge in [0, 0.05) is 23.9 Å². The lowest BCUT2D eigenvalue weighted by Gasteiger charge is -2.29. The molecule has 0 aliphatic carbocycles. The van der Waals surface area contributed by atoms with E-state index in [2.05, 4.69) is 5.32 Å². The summed E-state index contributed by atoms with van der Waals surface area (Å²) in [5.41, 5.74) is 2.00. The van der Waals surface area contributed by atoms with Crippen molar-refractivity contribution < 1.29 is 9.59 Å². The normalized spacial score (nSPS) is 11.7. The molecule has 0 fully saturated rings. The van der Waals surface area contributed by atoms with Crippen LogP contribution in [0.4, 0.5) is 0 Å². The molecule has 2 rings (SSSR count). The molecule has 2 aromatic rings. The molecule has 0 saturated heterocycles. The van der Waals surface area contributed by atoms with Crippen molar-refractivity contribution >= 4 is 35.2 Å². The van der Waals surface area contributed by atoms with Gasteiger partial charge in [-0.2, -0.15) is 0 Å². The minimum Gasteiger partial charge on any atom is -0.355 e. The highest BCUT2D eigenvalue weighted by atomic mass is 35.5. The predicted octanol–water partition coefficient (Wildman–Crippen LogP) is 4.13. The minimum absolute atomic E-state index is 0.0744. The third-order valence-electron chi connectivity index (χ3n) is 4.15. The zero-order valence-corrected chi connectivity index (χ0v) is 17.2. The molecule has 6 heteroatoms. The number of hydrogen-bond donors (Lipinski definition) is 1. The average Bonchev–Trinajstić information content (AvgIpc) is 2.67. The summed E-state index contributed by atoms with van der Waals surface area (Å²) >= 11 is 7.80. The smallest absolute Gasteiger partial charge is 0.242 e. The molecular formula is C21H25ClN2O2S. The lowest BCUT2D eigenvalue weighted by molar-refractivity contribution is -0.138. The SMILES string of the molecule is CCNC(=O)[C@@H](C)N(Cc1ccccc1Cl)C(=O)CSCc1ccccc1. The molecule has 4 nitrogen and oxygen atoms in total. The highest BCUT2D eigenvalue weighted by molar-refractivity contribution is 7.99. The van der Waals surface area contributed by atoms with Gasteiger partial charge in [-0.1, -0.05) is 60.1 Å². The Hall–Kier alpha value is -1.98. The van der Waals surface area contributed by atoms with Crippen LogP contribution in [0.15, 0.2) is 54.6 Å². The third kappa shape index (κ3) is 6.60. The summed E-state index contributed by atoms with van der Waals surface area (Å²) in [6.45, 7) is 4.45. The van der Waals surface area contributed by atoms with Gasteiger partial charge < -0.3 is 10.2 Å². The van der Waals surface area contributed by atoms with E-state index in [0.717, 1.165) is 11.3 Å². The largest absolute Gasteiger partial charge is 0.355 e. The number of carbonyl (C=O) groups excluding carboxylic acids is 2. The van der Waals surface area contributed by atoms with Crippen molar-refractivity contribution in [2.75, 3.05) is 12.3 Å². The van der Waals surface area contributed by atoms with E-state index in [1.54, 1.807) is 29.7 Å². The zero-order chi connectivity index (χ0) is 19.6. The number of rotatable bonds is 9. The van der Waals surface area contributed by atoms with Crippen molar-refractivity contribution in [2.45, 2.75) is 32.2 Å². The number of nitrogens with zero attached hydrogens (tertiary/aromatic N) is 1. The van der Waals surface area contributed by atoms with Crippen molar-refractivity contribution in [1.29, 1.82) is 0 Å². The van der Waals surface area contributed by atoms with E-state index in [-0.39, 0.29) is 11.8 Å². The molecule has 0 aliphatic heterocycles. The van der Waals surface area contributed by atoms with E-state index in [9.17, 15) is 9.59 Å². The van der Waals surface area contributed by atoms with Gasteiger partial charge in [0.05, 0.1) is 5.75 Å². The van der Waals surface area contributed by atoms with Gasteiger partial charge in [0.1, 0.15) is 6.04 Å². The van der Waals surface area contributed by atoms with Crippen LogP contribution in [-0.4, -0.2) is 35.1 Å². The summed E-state index contributed by atoms with van der Waals surface area (Å²) < 4.78 is 0. The number of likely N-dealkylation sites (N-methyl/N-ethyl adjacent to an activating group) is 1. The molecular weight excluding hydrogens is 380 g/mol. The quantitative estimate of drug-likeness (QED) is 0.683. The number of amides is 2. The number of thioether (sulfide) groups is 1. The Bertz CT molecular complexity index is 755. The zero-order valence-electron chi connectivity index (χ0n) is 15.7. The van der Waals surface area contributed by atoms with Crippen LogP contribution in [-0.2, 0) is 21.9 Å². The van der Waals surface area contributed by atoms with Crippen LogP contribution in [0.5, 0.6) is 0 Å². The predicted molar refractivity (Wildman–Crippen MR) is 113 cm³/mol. The maximum absolute atomic E-state index is 12.9. The number of hydrogen-bond acceptors (Lipinski definition) is 3. The van der Waals surface area contributed by atoms with Gasteiger partial charge in [-0.3, -0.25) is 9.59 Å². The molecule has 27 heavy (non-hydrogen) atoms. The van der Waals surface area contributed by atoms with Crippen molar-refractivity contribution in [2.24, 2.45) is 0 Å². The first-order valence-corrected chi connectivity index (χ1v) is 10.5. The summed E-state index contributed by atoms with van der Waals surface area (Å²) in [4.78, 5) is 26.8. The van der Waals surface area contributed by atoms with Crippen LogP contribution in [0.3, 0.4) is 0 Å². The standard InChI is InChI=1S/C21H25ClN2O2S/c1-3-23-21(26)16(2)24(13-18-11-7-8-12-19(18)22)20(25)15-27-14-17-9-5-4-6-10-17/h4-12,16H,3,13-15H2,1-2H3,(H,23,26)/t16-/m1/s1. The van der Waals surface area contributed by atoms with Crippen molar-refractivity contribution in [3.63, 3.8) is 0 Å². The second kappa shape index (κ2) is 11.0. The van der Waals surface area contributed by atoms with Gasteiger partial charge in [0.25, 0.3) is 0 Å².